The van der Waals surface area contributed by atoms with E-state index in [9.17, 15) is 0 Å². The average Bonchev–Trinajstić information content (AvgIpc) is 2.55. The topological polar surface area (TPSA) is 30.9 Å². The Bertz CT molecular complexity index is 411. The Morgan fingerprint density at radius 1 is 1.00 bits per heavy atom. The summed E-state index contributed by atoms with van der Waals surface area (Å²) in [5.41, 5.74) is 1.29. The van der Waals surface area contributed by atoms with Crippen LogP contribution in [0.1, 0.15) is 32.8 Å². The minimum atomic E-state index is -2.53. The summed E-state index contributed by atoms with van der Waals surface area (Å²) in [5, 5.41) is 0. The molecule has 0 aliphatic carbocycles. The summed E-state index contributed by atoms with van der Waals surface area (Å²) in [7, 11) is -2.53. The van der Waals surface area contributed by atoms with Crippen molar-refractivity contribution in [2.75, 3.05) is 26.4 Å². The van der Waals surface area contributed by atoms with Crippen molar-refractivity contribution in [2.24, 2.45) is 0 Å². The van der Waals surface area contributed by atoms with Crippen LogP contribution in [-0.2, 0) is 19.8 Å². The van der Waals surface area contributed by atoms with E-state index in [0.717, 1.165) is 25.6 Å². The summed E-state index contributed by atoms with van der Waals surface area (Å²) >= 11 is 0. The zero-order chi connectivity index (χ0) is 17.0. The van der Waals surface area contributed by atoms with E-state index < -0.39 is 8.80 Å². The molecule has 0 N–H and O–H groups in total. The molecule has 1 aromatic rings. The molecule has 1 aromatic carbocycles. The van der Waals surface area contributed by atoms with E-state index in [1.807, 2.05) is 33.0 Å². The molecule has 23 heavy (non-hydrogen) atoms. The third kappa shape index (κ3) is 7.31. The molecule has 0 unspecified atom stereocenters. The Kier molecular flexibility index (Phi) is 9.87. The first-order chi connectivity index (χ1) is 11.2. The van der Waals surface area contributed by atoms with Crippen molar-refractivity contribution in [1.29, 1.82) is 0 Å². The lowest BCUT2D eigenvalue weighted by atomic mass is 10.2. The molecule has 0 heterocycles. The van der Waals surface area contributed by atoms with Crippen molar-refractivity contribution in [3.8, 4) is 0 Å². The van der Waals surface area contributed by atoms with Crippen LogP contribution >= 0.6 is 0 Å². The molecule has 0 amide bonds. The summed E-state index contributed by atoms with van der Waals surface area (Å²) in [6, 6.07) is 11.3. The van der Waals surface area contributed by atoms with Crippen molar-refractivity contribution in [1.82, 2.24) is 4.90 Å². The molecule has 0 aromatic heterocycles. The van der Waals surface area contributed by atoms with Gasteiger partial charge in [-0.3, -0.25) is 0 Å². The minimum absolute atomic E-state index is 0.626. The van der Waals surface area contributed by atoms with Crippen molar-refractivity contribution in [3.63, 3.8) is 0 Å². The second-order valence-electron chi connectivity index (χ2n) is 5.22. The smallest absolute Gasteiger partial charge is 0.374 e. The van der Waals surface area contributed by atoms with Gasteiger partial charge in [0.2, 0.25) is 0 Å². The fraction of sp³-hybridized carbons (Fsp3) is 0.556. The Hall–Kier alpha value is -1.14. The first-order valence-corrected chi connectivity index (χ1v) is 10.4. The van der Waals surface area contributed by atoms with Gasteiger partial charge in [0.15, 0.2) is 0 Å². The Balaban J connectivity index is 2.53. The lowest BCUT2D eigenvalue weighted by molar-refractivity contribution is 0.0702. The van der Waals surface area contributed by atoms with Crippen LogP contribution in [0.5, 0.6) is 0 Å². The minimum Gasteiger partial charge on any atom is -0.374 e. The monoisotopic (exact) mass is 337 g/mol. The van der Waals surface area contributed by atoms with Crippen molar-refractivity contribution in [2.45, 2.75) is 39.8 Å². The van der Waals surface area contributed by atoms with Gasteiger partial charge >= 0.3 is 8.80 Å². The van der Waals surface area contributed by atoms with E-state index in [2.05, 4.69) is 35.7 Å². The highest BCUT2D eigenvalue weighted by atomic mass is 28.4. The normalized spacial score (nSPS) is 11.4. The maximum atomic E-state index is 5.89. The fourth-order valence-electron chi connectivity index (χ4n) is 2.55. The van der Waals surface area contributed by atoms with Gasteiger partial charge in [0.25, 0.3) is 0 Å². The van der Waals surface area contributed by atoms with Gasteiger partial charge in [-0.2, -0.15) is 0 Å². The summed E-state index contributed by atoms with van der Waals surface area (Å²) in [5.74, 6) is 0. The number of benzene rings is 1. The van der Waals surface area contributed by atoms with E-state index in [-0.39, 0.29) is 0 Å². The second-order valence-corrected chi connectivity index (χ2v) is 7.96. The molecular weight excluding hydrogens is 306 g/mol. The molecule has 0 aliphatic rings. The fourth-order valence-corrected chi connectivity index (χ4v) is 5.15. The van der Waals surface area contributed by atoms with E-state index in [1.54, 1.807) is 0 Å². The third-order valence-electron chi connectivity index (χ3n) is 3.51. The van der Waals surface area contributed by atoms with Gasteiger partial charge in [0, 0.05) is 39.0 Å². The zero-order valence-electron chi connectivity index (χ0n) is 14.8. The molecule has 1 rings (SSSR count). The SMILES string of the molecule is C=CN(CCC[Si](OCC)(OCC)OCC)Cc1ccccc1. The Morgan fingerprint density at radius 3 is 2.04 bits per heavy atom. The number of rotatable bonds is 13. The number of hydrogen-bond donors (Lipinski definition) is 0. The summed E-state index contributed by atoms with van der Waals surface area (Å²) in [6.07, 6.45) is 2.86. The quantitative estimate of drug-likeness (QED) is 0.508. The standard InChI is InChI=1S/C18H31NO3Si/c1-5-19(17-18-13-10-9-11-14-18)15-12-16-23(20-6-2,21-7-3)22-8-4/h5,9-11,13-14H,1,6-8,12,15-17H2,2-4H3. The van der Waals surface area contributed by atoms with Gasteiger partial charge in [0.1, 0.15) is 0 Å². The summed E-state index contributed by atoms with van der Waals surface area (Å²) in [4.78, 5) is 2.22. The molecule has 5 heteroatoms. The molecule has 0 radical (unpaired) electrons. The molecule has 0 aliphatic heterocycles. The van der Waals surface area contributed by atoms with E-state index in [1.165, 1.54) is 5.56 Å². The van der Waals surface area contributed by atoms with Crippen LogP contribution in [0.25, 0.3) is 0 Å². The molecule has 0 bridgehead atoms. The maximum Gasteiger partial charge on any atom is 0.500 e. The van der Waals surface area contributed by atoms with Crippen LogP contribution in [0.2, 0.25) is 6.04 Å². The highest BCUT2D eigenvalue weighted by Crippen LogP contribution is 2.19. The van der Waals surface area contributed by atoms with Crippen LogP contribution in [-0.4, -0.2) is 40.1 Å². The first-order valence-electron chi connectivity index (χ1n) is 8.52. The number of nitrogens with zero attached hydrogens (tertiary/aromatic N) is 1. The van der Waals surface area contributed by atoms with Gasteiger partial charge in [-0.1, -0.05) is 36.9 Å². The van der Waals surface area contributed by atoms with Gasteiger partial charge in [-0.05, 0) is 39.0 Å². The predicted molar refractivity (Wildman–Crippen MR) is 97.1 cm³/mol. The predicted octanol–water partition coefficient (Wildman–Crippen LogP) is 4.07. The zero-order valence-corrected chi connectivity index (χ0v) is 15.8. The van der Waals surface area contributed by atoms with Crippen molar-refractivity contribution < 1.29 is 13.3 Å². The lowest BCUT2D eigenvalue weighted by Crippen LogP contribution is -2.46. The molecule has 0 spiro atoms. The average molecular weight is 338 g/mol. The Morgan fingerprint density at radius 2 is 1.57 bits per heavy atom. The first kappa shape index (κ1) is 19.9. The van der Waals surface area contributed by atoms with Crippen LogP contribution in [0.3, 0.4) is 0 Å². The highest BCUT2D eigenvalue weighted by molar-refractivity contribution is 6.60. The van der Waals surface area contributed by atoms with Crippen LogP contribution in [0.15, 0.2) is 43.1 Å². The molecule has 0 atom stereocenters. The van der Waals surface area contributed by atoms with Gasteiger partial charge < -0.3 is 18.2 Å². The van der Waals surface area contributed by atoms with Crippen LogP contribution in [0.4, 0.5) is 0 Å². The van der Waals surface area contributed by atoms with Crippen molar-refractivity contribution in [3.05, 3.63) is 48.7 Å². The van der Waals surface area contributed by atoms with Gasteiger partial charge in [0.05, 0.1) is 0 Å². The van der Waals surface area contributed by atoms with E-state index >= 15 is 0 Å². The van der Waals surface area contributed by atoms with E-state index in [4.69, 9.17) is 13.3 Å². The van der Waals surface area contributed by atoms with Crippen molar-refractivity contribution >= 4 is 8.80 Å². The lowest BCUT2D eigenvalue weighted by Gasteiger charge is -2.29. The molecule has 0 fully saturated rings. The second kappa shape index (κ2) is 11.4. The third-order valence-corrected chi connectivity index (χ3v) is 6.66. The molecular formula is C18H31NO3Si. The number of hydrogen-bond acceptors (Lipinski definition) is 4. The van der Waals surface area contributed by atoms with Crippen LogP contribution in [0, 0.1) is 0 Å². The summed E-state index contributed by atoms with van der Waals surface area (Å²) < 4.78 is 17.7. The summed E-state index contributed by atoms with van der Waals surface area (Å²) in [6.45, 7) is 13.6. The highest BCUT2D eigenvalue weighted by Gasteiger charge is 2.39. The molecule has 4 nitrogen and oxygen atoms in total. The van der Waals surface area contributed by atoms with Crippen LogP contribution < -0.4 is 0 Å². The molecule has 130 valence electrons. The molecule has 0 saturated heterocycles. The Labute approximate surface area is 142 Å². The maximum absolute atomic E-state index is 5.89. The van der Waals surface area contributed by atoms with Gasteiger partial charge in [-0.25, -0.2) is 0 Å². The largest absolute Gasteiger partial charge is 0.500 e. The molecule has 0 saturated carbocycles. The van der Waals surface area contributed by atoms with E-state index in [0.29, 0.717) is 19.8 Å². The van der Waals surface area contributed by atoms with Gasteiger partial charge in [-0.15, -0.1) is 0 Å².